The van der Waals surface area contributed by atoms with E-state index >= 15 is 0 Å². The molecular formula is C14H18N2O3. The summed E-state index contributed by atoms with van der Waals surface area (Å²) in [7, 11) is 3.13. The van der Waals surface area contributed by atoms with Crippen molar-refractivity contribution < 1.29 is 14.3 Å². The molecule has 0 aromatic carbocycles. The molecule has 102 valence electrons. The lowest BCUT2D eigenvalue weighted by Crippen LogP contribution is -2.25. The molecule has 2 heterocycles. The molecule has 0 aliphatic carbocycles. The molecule has 5 nitrogen and oxygen atoms in total. The maximum Gasteiger partial charge on any atom is 0.246 e. The fourth-order valence-corrected chi connectivity index (χ4v) is 2.04. The third-order valence-corrected chi connectivity index (χ3v) is 3.11. The molecule has 0 radical (unpaired) electrons. The Hall–Kier alpha value is -2.04. The molecule has 1 aromatic rings. The van der Waals surface area contributed by atoms with E-state index in [0.717, 1.165) is 25.9 Å². The minimum Gasteiger partial charge on any atom is -0.493 e. The van der Waals surface area contributed by atoms with Gasteiger partial charge in [0.25, 0.3) is 0 Å². The smallest absolute Gasteiger partial charge is 0.246 e. The number of methoxy groups -OCH3 is 2. The number of carbonyl (C=O) groups excluding carboxylic acids is 1. The van der Waals surface area contributed by atoms with Crippen LogP contribution in [0.3, 0.4) is 0 Å². The van der Waals surface area contributed by atoms with Crippen LogP contribution in [-0.2, 0) is 4.79 Å². The lowest BCUT2D eigenvalue weighted by atomic mass is 10.3. The molecule has 1 aliphatic rings. The highest BCUT2D eigenvalue weighted by Gasteiger charge is 2.15. The topological polar surface area (TPSA) is 51.7 Å². The quantitative estimate of drug-likeness (QED) is 0.775. The van der Waals surface area contributed by atoms with Crippen molar-refractivity contribution in [1.82, 2.24) is 9.88 Å². The highest BCUT2D eigenvalue weighted by atomic mass is 16.5. The van der Waals surface area contributed by atoms with Crippen LogP contribution in [0.15, 0.2) is 18.3 Å². The van der Waals surface area contributed by atoms with Gasteiger partial charge in [-0.3, -0.25) is 9.78 Å². The van der Waals surface area contributed by atoms with Crippen molar-refractivity contribution in [3.8, 4) is 11.5 Å². The van der Waals surface area contributed by atoms with Crippen molar-refractivity contribution in [2.75, 3.05) is 27.3 Å². The minimum absolute atomic E-state index is 0.0362. The maximum absolute atomic E-state index is 11.9. The summed E-state index contributed by atoms with van der Waals surface area (Å²) in [4.78, 5) is 17.9. The molecule has 1 aliphatic heterocycles. The summed E-state index contributed by atoms with van der Waals surface area (Å²) in [6, 6.07) is 1.74. The number of hydrogen-bond donors (Lipinski definition) is 0. The number of likely N-dealkylation sites (tertiary alicyclic amines) is 1. The lowest BCUT2D eigenvalue weighted by Gasteiger charge is -2.11. The van der Waals surface area contributed by atoms with E-state index in [2.05, 4.69) is 4.98 Å². The van der Waals surface area contributed by atoms with Crippen LogP contribution in [0.4, 0.5) is 0 Å². The van der Waals surface area contributed by atoms with Gasteiger partial charge in [0.15, 0.2) is 11.5 Å². The number of ether oxygens (including phenoxy) is 2. The second-order valence-corrected chi connectivity index (χ2v) is 4.33. The summed E-state index contributed by atoms with van der Waals surface area (Å²) in [6.45, 7) is 1.70. The molecule has 0 bridgehead atoms. The Bertz CT molecular complexity index is 480. The third kappa shape index (κ3) is 3.24. The van der Waals surface area contributed by atoms with Gasteiger partial charge in [-0.2, -0.15) is 0 Å². The molecule has 0 spiro atoms. The molecule has 1 fully saturated rings. The van der Waals surface area contributed by atoms with Crippen LogP contribution < -0.4 is 9.47 Å². The van der Waals surface area contributed by atoms with E-state index in [1.54, 1.807) is 38.6 Å². The van der Waals surface area contributed by atoms with Gasteiger partial charge in [0, 0.05) is 25.2 Å². The van der Waals surface area contributed by atoms with E-state index in [-0.39, 0.29) is 5.91 Å². The summed E-state index contributed by atoms with van der Waals surface area (Å²) < 4.78 is 10.3. The van der Waals surface area contributed by atoms with Crippen LogP contribution in [0, 0.1) is 0 Å². The normalized spacial score (nSPS) is 14.9. The third-order valence-electron chi connectivity index (χ3n) is 3.11. The van der Waals surface area contributed by atoms with Crippen LogP contribution in [0.1, 0.15) is 18.5 Å². The van der Waals surface area contributed by atoms with Gasteiger partial charge in [0.05, 0.1) is 26.1 Å². The van der Waals surface area contributed by atoms with Gasteiger partial charge in [-0.1, -0.05) is 0 Å². The average Bonchev–Trinajstić information content (AvgIpc) is 2.98. The standard InChI is InChI=1S/C14H18N2O3/c1-18-12-9-11(15-10-13(12)19-2)5-6-14(17)16-7-3-4-8-16/h5-6,9-10H,3-4,7-8H2,1-2H3. The van der Waals surface area contributed by atoms with Crippen molar-refractivity contribution in [2.24, 2.45) is 0 Å². The summed E-state index contributed by atoms with van der Waals surface area (Å²) in [5.74, 6) is 1.21. The first-order valence-electron chi connectivity index (χ1n) is 6.29. The predicted octanol–water partition coefficient (Wildman–Crippen LogP) is 1.73. The molecule has 0 atom stereocenters. The van der Waals surface area contributed by atoms with Gasteiger partial charge < -0.3 is 14.4 Å². The first kappa shape index (κ1) is 13.4. The van der Waals surface area contributed by atoms with Crippen LogP contribution >= 0.6 is 0 Å². The van der Waals surface area contributed by atoms with Gasteiger partial charge in [0.2, 0.25) is 5.91 Å². The van der Waals surface area contributed by atoms with Gasteiger partial charge in [-0.05, 0) is 18.9 Å². The Kier molecular flexibility index (Phi) is 4.39. The number of rotatable bonds is 4. The van der Waals surface area contributed by atoms with E-state index in [9.17, 15) is 4.79 Å². The number of aromatic nitrogens is 1. The van der Waals surface area contributed by atoms with Crippen LogP contribution in [-0.4, -0.2) is 43.1 Å². The first-order chi connectivity index (χ1) is 9.24. The van der Waals surface area contributed by atoms with Crippen molar-refractivity contribution in [2.45, 2.75) is 12.8 Å². The Labute approximate surface area is 112 Å². The van der Waals surface area contributed by atoms with E-state index in [0.29, 0.717) is 17.2 Å². The number of nitrogens with zero attached hydrogens (tertiary/aromatic N) is 2. The van der Waals surface area contributed by atoms with Crippen molar-refractivity contribution in [1.29, 1.82) is 0 Å². The number of amides is 1. The molecule has 5 heteroatoms. The predicted molar refractivity (Wildman–Crippen MR) is 72.2 cm³/mol. The largest absolute Gasteiger partial charge is 0.493 e. The van der Waals surface area contributed by atoms with Gasteiger partial charge in [-0.25, -0.2) is 0 Å². The monoisotopic (exact) mass is 262 g/mol. The minimum atomic E-state index is 0.0362. The Morgan fingerprint density at radius 3 is 2.58 bits per heavy atom. The lowest BCUT2D eigenvalue weighted by molar-refractivity contribution is -0.124. The molecular weight excluding hydrogens is 244 g/mol. The van der Waals surface area contributed by atoms with Gasteiger partial charge in [-0.15, -0.1) is 0 Å². The zero-order chi connectivity index (χ0) is 13.7. The highest BCUT2D eigenvalue weighted by molar-refractivity contribution is 5.91. The molecule has 1 aromatic heterocycles. The van der Waals surface area contributed by atoms with E-state index in [1.807, 2.05) is 4.90 Å². The summed E-state index contributed by atoms with van der Waals surface area (Å²) in [5, 5.41) is 0. The molecule has 1 saturated heterocycles. The Morgan fingerprint density at radius 2 is 1.95 bits per heavy atom. The highest BCUT2D eigenvalue weighted by Crippen LogP contribution is 2.26. The second kappa shape index (κ2) is 6.22. The molecule has 0 saturated carbocycles. The van der Waals surface area contributed by atoms with E-state index in [4.69, 9.17) is 9.47 Å². The summed E-state index contributed by atoms with van der Waals surface area (Å²) >= 11 is 0. The Balaban J connectivity index is 2.07. The average molecular weight is 262 g/mol. The fraction of sp³-hybridized carbons (Fsp3) is 0.429. The molecule has 1 amide bonds. The number of carbonyl (C=O) groups is 1. The second-order valence-electron chi connectivity index (χ2n) is 4.33. The first-order valence-corrected chi connectivity index (χ1v) is 6.29. The van der Waals surface area contributed by atoms with Gasteiger partial charge >= 0.3 is 0 Å². The Morgan fingerprint density at radius 1 is 1.26 bits per heavy atom. The molecule has 19 heavy (non-hydrogen) atoms. The van der Waals surface area contributed by atoms with E-state index < -0.39 is 0 Å². The SMILES string of the molecule is COc1cnc(C=CC(=O)N2CCCC2)cc1OC. The van der Waals surface area contributed by atoms with Crippen molar-refractivity contribution in [3.63, 3.8) is 0 Å². The molecule has 0 N–H and O–H groups in total. The zero-order valence-corrected chi connectivity index (χ0v) is 11.3. The number of hydrogen-bond acceptors (Lipinski definition) is 4. The zero-order valence-electron chi connectivity index (χ0n) is 11.3. The van der Waals surface area contributed by atoms with Gasteiger partial charge in [0.1, 0.15) is 0 Å². The van der Waals surface area contributed by atoms with Crippen molar-refractivity contribution >= 4 is 12.0 Å². The van der Waals surface area contributed by atoms with Crippen LogP contribution in [0.2, 0.25) is 0 Å². The maximum atomic E-state index is 11.9. The summed E-state index contributed by atoms with van der Waals surface area (Å²) in [5.41, 5.74) is 0.671. The van der Waals surface area contributed by atoms with Crippen molar-refractivity contribution in [3.05, 3.63) is 24.0 Å². The summed E-state index contributed by atoms with van der Waals surface area (Å²) in [6.07, 6.45) is 7.02. The van der Waals surface area contributed by atoms with Crippen LogP contribution in [0.5, 0.6) is 11.5 Å². The fourth-order valence-electron chi connectivity index (χ4n) is 2.04. The number of pyridine rings is 1. The van der Waals surface area contributed by atoms with E-state index in [1.165, 1.54) is 0 Å². The van der Waals surface area contributed by atoms with Crippen LogP contribution in [0.25, 0.3) is 6.08 Å². The molecule has 2 rings (SSSR count). The molecule has 0 unspecified atom stereocenters.